The largest absolute Gasteiger partial charge is 0.378 e. The van der Waals surface area contributed by atoms with E-state index in [2.05, 4.69) is 10.4 Å². The molecule has 2 atom stereocenters. The van der Waals surface area contributed by atoms with E-state index in [-0.39, 0.29) is 17.9 Å². The Balaban J connectivity index is 1.68. The summed E-state index contributed by atoms with van der Waals surface area (Å²) in [4.78, 5) is 12.4. The lowest BCUT2D eigenvalue weighted by Gasteiger charge is -2.28. The molecule has 1 N–H and O–H groups in total. The van der Waals surface area contributed by atoms with E-state index < -0.39 is 0 Å². The summed E-state index contributed by atoms with van der Waals surface area (Å²) >= 11 is 0. The predicted molar refractivity (Wildman–Crippen MR) is 83.5 cm³/mol. The molecule has 0 aliphatic carbocycles. The maximum absolute atomic E-state index is 12.4. The highest BCUT2D eigenvalue weighted by Crippen LogP contribution is 2.21. The molecule has 2 aromatic rings. The van der Waals surface area contributed by atoms with Crippen molar-refractivity contribution in [1.82, 2.24) is 15.1 Å². The highest BCUT2D eigenvalue weighted by atomic mass is 16.5. The van der Waals surface area contributed by atoms with Crippen molar-refractivity contribution in [3.8, 4) is 5.69 Å². The first-order valence-corrected chi connectivity index (χ1v) is 7.73. The van der Waals surface area contributed by atoms with Crippen LogP contribution in [0.2, 0.25) is 0 Å². The van der Waals surface area contributed by atoms with Gasteiger partial charge in [0.2, 0.25) is 5.91 Å². The second-order valence-corrected chi connectivity index (χ2v) is 5.62. The number of rotatable bonds is 4. The summed E-state index contributed by atoms with van der Waals surface area (Å²) in [5, 5.41) is 7.30. The summed E-state index contributed by atoms with van der Waals surface area (Å²) < 4.78 is 7.38. The van der Waals surface area contributed by atoms with E-state index in [1.54, 1.807) is 6.20 Å². The Kier molecular flexibility index (Phi) is 4.53. The molecule has 0 bridgehead atoms. The van der Waals surface area contributed by atoms with Crippen LogP contribution in [0.3, 0.4) is 0 Å². The predicted octanol–water partition coefficient (Wildman–Crippen LogP) is 2.30. The SMILES string of the molecule is C[C@@H]1OCCC[C@@H]1C(=O)NCc1ccccc1-n1cccn1. The van der Waals surface area contributed by atoms with Gasteiger partial charge in [0.15, 0.2) is 0 Å². The van der Waals surface area contributed by atoms with Gasteiger partial charge in [0.05, 0.1) is 17.7 Å². The van der Waals surface area contributed by atoms with Crippen LogP contribution in [0.4, 0.5) is 0 Å². The van der Waals surface area contributed by atoms with Crippen molar-refractivity contribution in [2.45, 2.75) is 32.4 Å². The zero-order chi connectivity index (χ0) is 15.4. The fourth-order valence-corrected chi connectivity index (χ4v) is 2.88. The molecule has 22 heavy (non-hydrogen) atoms. The topological polar surface area (TPSA) is 56.1 Å². The second kappa shape index (κ2) is 6.75. The standard InChI is InChI=1S/C17H21N3O2/c1-13-15(7-4-11-22-13)17(21)18-12-14-6-2-3-8-16(14)20-10-5-9-19-20/h2-3,5-6,8-10,13,15H,4,7,11-12H2,1H3,(H,18,21)/t13-,15-/m0/s1. The maximum atomic E-state index is 12.4. The minimum absolute atomic E-state index is 0.00453. The van der Waals surface area contributed by atoms with Crippen molar-refractivity contribution >= 4 is 5.91 Å². The molecule has 1 aliphatic heterocycles. The number of nitrogens with zero attached hydrogens (tertiary/aromatic N) is 2. The molecule has 0 unspecified atom stereocenters. The van der Waals surface area contributed by atoms with Crippen molar-refractivity contribution in [3.63, 3.8) is 0 Å². The molecule has 1 fully saturated rings. The van der Waals surface area contributed by atoms with Gasteiger partial charge < -0.3 is 10.1 Å². The van der Waals surface area contributed by atoms with Gasteiger partial charge in [0, 0.05) is 25.5 Å². The Morgan fingerprint density at radius 3 is 3.05 bits per heavy atom. The third kappa shape index (κ3) is 3.20. The minimum Gasteiger partial charge on any atom is -0.378 e. The van der Waals surface area contributed by atoms with E-state index in [4.69, 9.17) is 4.74 Å². The van der Waals surface area contributed by atoms with E-state index in [0.29, 0.717) is 6.54 Å². The first kappa shape index (κ1) is 14.8. The summed E-state index contributed by atoms with van der Waals surface area (Å²) in [5.74, 6) is 0.0214. The van der Waals surface area contributed by atoms with Gasteiger partial charge in [-0.2, -0.15) is 5.10 Å². The van der Waals surface area contributed by atoms with Gasteiger partial charge in [-0.1, -0.05) is 18.2 Å². The van der Waals surface area contributed by atoms with Crippen molar-refractivity contribution in [1.29, 1.82) is 0 Å². The lowest BCUT2D eigenvalue weighted by atomic mass is 9.94. The van der Waals surface area contributed by atoms with Crippen molar-refractivity contribution < 1.29 is 9.53 Å². The summed E-state index contributed by atoms with van der Waals surface area (Å²) in [6.45, 7) is 3.23. The number of carbonyl (C=O) groups is 1. The fourth-order valence-electron chi connectivity index (χ4n) is 2.88. The molecule has 0 radical (unpaired) electrons. The van der Waals surface area contributed by atoms with Gasteiger partial charge >= 0.3 is 0 Å². The Morgan fingerprint density at radius 2 is 2.27 bits per heavy atom. The molecule has 5 nitrogen and oxygen atoms in total. The molecular formula is C17H21N3O2. The molecule has 3 rings (SSSR count). The van der Waals surface area contributed by atoms with Crippen LogP contribution in [0, 0.1) is 5.92 Å². The van der Waals surface area contributed by atoms with Crippen LogP contribution >= 0.6 is 0 Å². The zero-order valence-corrected chi connectivity index (χ0v) is 12.7. The second-order valence-electron chi connectivity index (χ2n) is 5.62. The summed E-state index contributed by atoms with van der Waals surface area (Å²) in [7, 11) is 0. The Morgan fingerprint density at radius 1 is 1.41 bits per heavy atom. The average Bonchev–Trinajstić information content (AvgIpc) is 3.07. The van der Waals surface area contributed by atoms with E-state index in [0.717, 1.165) is 30.7 Å². The van der Waals surface area contributed by atoms with E-state index in [1.165, 1.54) is 0 Å². The van der Waals surface area contributed by atoms with Crippen molar-refractivity contribution in [2.75, 3.05) is 6.61 Å². The smallest absolute Gasteiger partial charge is 0.225 e. The molecular weight excluding hydrogens is 278 g/mol. The van der Waals surface area contributed by atoms with Gasteiger partial charge in [-0.3, -0.25) is 4.79 Å². The molecule has 1 amide bonds. The summed E-state index contributed by atoms with van der Waals surface area (Å²) in [5.41, 5.74) is 2.03. The van der Waals surface area contributed by atoms with E-state index in [9.17, 15) is 4.79 Å². The van der Waals surface area contributed by atoms with Crippen LogP contribution in [0.1, 0.15) is 25.3 Å². The van der Waals surface area contributed by atoms with E-state index >= 15 is 0 Å². The highest BCUT2D eigenvalue weighted by molar-refractivity contribution is 5.79. The average molecular weight is 299 g/mol. The fraction of sp³-hybridized carbons (Fsp3) is 0.412. The number of benzene rings is 1. The zero-order valence-electron chi connectivity index (χ0n) is 12.7. The Bertz CT molecular complexity index is 625. The third-order valence-corrected chi connectivity index (χ3v) is 4.14. The van der Waals surface area contributed by atoms with Crippen LogP contribution in [0.25, 0.3) is 5.69 Å². The van der Waals surface area contributed by atoms with Gasteiger partial charge in [0.25, 0.3) is 0 Å². The molecule has 2 heterocycles. The van der Waals surface area contributed by atoms with Crippen molar-refractivity contribution in [2.24, 2.45) is 5.92 Å². The lowest BCUT2D eigenvalue weighted by molar-refractivity contribution is -0.133. The van der Waals surface area contributed by atoms with Gasteiger partial charge in [-0.25, -0.2) is 4.68 Å². The quantitative estimate of drug-likeness (QED) is 0.942. The first-order chi connectivity index (χ1) is 10.8. The normalized spacial score (nSPS) is 21.5. The molecule has 1 aliphatic rings. The van der Waals surface area contributed by atoms with Crippen molar-refractivity contribution in [3.05, 3.63) is 48.3 Å². The summed E-state index contributed by atoms with van der Waals surface area (Å²) in [6.07, 6.45) is 5.49. The number of para-hydroxylation sites is 1. The van der Waals surface area contributed by atoms with Gasteiger partial charge in [0.1, 0.15) is 0 Å². The van der Waals surface area contributed by atoms with E-state index in [1.807, 2.05) is 48.1 Å². The molecule has 1 aromatic heterocycles. The Labute approximate surface area is 130 Å². The number of amides is 1. The van der Waals surface area contributed by atoms with Crippen LogP contribution in [0.5, 0.6) is 0 Å². The van der Waals surface area contributed by atoms with Crippen LogP contribution < -0.4 is 5.32 Å². The first-order valence-electron chi connectivity index (χ1n) is 7.73. The maximum Gasteiger partial charge on any atom is 0.225 e. The van der Waals surface area contributed by atoms with Crippen LogP contribution in [-0.2, 0) is 16.1 Å². The van der Waals surface area contributed by atoms with Crippen LogP contribution in [-0.4, -0.2) is 28.4 Å². The van der Waals surface area contributed by atoms with Crippen LogP contribution in [0.15, 0.2) is 42.7 Å². The number of hydrogen-bond acceptors (Lipinski definition) is 3. The molecule has 0 saturated carbocycles. The lowest BCUT2D eigenvalue weighted by Crippen LogP contribution is -2.40. The number of ether oxygens (including phenoxy) is 1. The highest BCUT2D eigenvalue weighted by Gasteiger charge is 2.28. The monoisotopic (exact) mass is 299 g/mol. The molecule has 1 aromatic carbocycles. The molecule has 0 spiro atoms. The van der Waals surface area contributed by atoms with Gasteiger partial charge in [-0.05, 0) is 37.5 Å². The minimum atomic E-state index is -0.0504. The Hall–Kier alpha value is -2.14. The number of aromatic nitrogens is 2. The number of nitrogens with one attached hydrogen (secondary N) is 1. The molecule has 116 valence electrons. The third-order valence-electron chi connectivity index (χ3n) is 4.14. The molecule has 1 saturated heterocycles. The van der Waals surface area contributed by atoms with Gasteiger partial charge in [-0.15, -0.1) is 0 Å². The number of carbonyl (C=O) groups excluding carboxylic acids is 1. The summed E-state index contributed by atoms with van der Waals surface area (Å²) in [6, 6.07) is 9.84. The molecule has 5 heteroatoms. The number of hydrogen-bond donors (Lipinski definition) is 1.